The van der Waals surface area contributed by atoms with Crippen molar-refractivity contribution in [2.45, 2.75) is 44.7 Å². The van der Waals surface area contributed by atoms with Gasteiger partial charge in [-0.05, 0) is 37.5 Å². The summed E-state index contributed by atoms with van der Waals surface area (Å²) in [7, 11) is 0. The van der Waals surface area contributed by atoms with Gasteiger partial charge in [0.2, 0.25) is 0 Å². The lowest BCUT2D eigenvalue weighted by atomic mass is 10.0. The maximum absolute atomic E-state index is 4.45. The number of hydrogen-bond acceptors (Lipinski definition) is 3. The van der Waals surface area contributed by atoms with E-state index in [4.69, 9.17) is 0 Å². The number of nitrogens with zero attached hydrogens (tertiary/aromatic N) is 2. The molecular weight excluding hydrogens is 236 g/mol. The number of imidazole rings is 1. The van der Waals surface area contributed by atoms with E-state index in [0.717, 1.165) is 24.8 Å². The van der Waals surface area contributed by atoms with Crippen LogP contribution in [0, 0.1) is 11.8 Å². The summed E-state index contributed by atoms with van der Waals surface area (Å²) in [6.07, 6.45) is 8.77. The summed E-state index contributed by atoms with van der Waals surface area (Å²) in [6, 6.07) is 0.591. The summed E-state index contributed by atoms with van der Waals surface area (Å²) < 4.78 is 0. The van der Waals surface area contributed by atoms with Gasteiger partial charge in [-0.2, -0.15) is 0 Å². The van der Waals surface area contributed by atoms with Gasteiger partial charge in [-0.3, -0.25) is 0 Å². The smallest absolute Gasteiger partial charge is 0.0925 e. The fraction of sp³-hybridized carbons (Fsp3) is 0.800. The minimum atomic E-state index is 0.591. The lowest BCUT2D eigenvalue weighted by Crippen LogP contribution is -2.45. The zero-order valence-corrected chi connectivity index (χ0v) is 11.6. The van der Waals surface area contributed by atoms with Crippen molar-refractivity contribution in [3.05, 3.63) is 17.7 Å². The van der Waals surface area contributed by atoms with Gasteiger partial charge in [0.1, 0.15) is 0 Å². The third-order valence-electron chi connectivity index (χ3n) is 4.72. The molecule has 104 valence electrons. The van der Waals surface area contributed by atoms with Crippen LogP contribution in [0.1, 0.15) is 37.1 Å². The molecule has 4 nitrogen and oxygen atoms in total. The number of rotatable bonds is 6. The number of aromatic amines is 1. The monoisotopic (exact) mass is 260 g/mol. The molecule has 1 aromatic heterocycles. The van der Waals surface area contributed by atoms with Crippen LogP contribution in [0.4, 0.5) is 0 Å². The largest absolute Gasteiger partial charge is 0.347 e. The van der Waals surface area contributed by atoms with Gasteiger partial charge in [-0.25, -0.2) is 4.98 Å². The van der Waals surface area contributed by atoms with Gasteiger partial charge >= 0.3 is 0 Å². The van der Waals surface area contributed by atoms with E-state index in [9.17, 15) is 0 Å². The van der Waals surface area contributed by atoms with Gasteiger partial charge in [0.15, 0.2) is 0 Å². The van der Waals surface area contributed by atoms with Crippen molar-refractivity contribution in [3.8, 4) is 0 Å². The molecule has 3 aliphatic rings. The first-order valence-corrected chi connectivity index (χ1v) is 7.83. The summed E-state index contributed by atoms with van der Waals surface area (Å²) in [5.41, 5.74) is 2.56. The first kappa shape index (κ1) is 11.9. The Morgan fingerprint density at radius 3 is 2.53 bits per heavy atom. The number of nitrogens with one attached hydrogen (secondary N) is 2. The number of fused-ring (bicyclic) bond motifs is 1. The highest BCUT2D eigenvalue weighted by atomic mass is 15.2. The van der Waals surface area contributed by atoms with Crippen molar-refractivity contribution in [2.75, 3.05) is 19.6 Å². The van der Waals surface area contributed by atoms with E-state index in [1.54, 1.807) is 0 Å². The molecule has 2 aliphatic carbocycles. The lowest BCUT2D eigenvalue weighted by molar-refractivity contribution is 0.218. The highest BCUT2D eigenvalue weighted by molar-refractivity contribution is 5.16. The van der Waals surface area contributed by atoms with Crippen LogP contribution in [-0.4, -0.2) is 40.5 Å². The molecule has 2 saturated carbocycles. The summed E-state index contributed by atoms with van der Waals surface area (Å²) >= 11 is 0. The Hall–Kier alpha value is -0.870. The van der Waals surface area contributed by atoms with E-state index in [2.05, 4.69) is 20.2 Å². The zero-order valence-electron chi connectivity index (χ0n) is 11.6. The molecule has 0 radical (unpaired) electrons. The highest BCUT2D eigenvalue weighted by Gasteiger charge is 2.31. The van der Waals surface area contributed by atoms with Crippen LogP contribution >= 0.6 is 0 Å². The van der Waals surface area contributed by atoms with Crippen molar-refractivity contribution in [1.29, 1.82) is 0 Å². The SMILES string of the molecule is c1nc2c([nH]1)CNC(CN(CC1CC1)CC1CC1)C2. The maximum atomic E-state index is 4.45. The molecule has 0 saturated heterocycles. The lowest BCUT2D eigenvalue weighted by Gasteiger charge is -2.30. The Morgan fingerprint density at radius 2 is 1.84 bits per heavy atom. The van der Waals surface area contributed by atoms with Gasteiger partial charge in [0, 0.05) is 38.6 Å². The van der Waals surface area contributed by atoms with Crippen molar-refractivity contribution >= 4 is 0 Å². The average Bonchev–Trinajstić information content (AvgIpc) is 3.31. The summed E-state index contributed by atoms with van der Waals surface area (Å²) in [4.78, 5) is 10.4. The third-order valence-corrected chi connectivity index (χ3v) is 4.72. The molecule has 19 heavy (non-hydrogen) atoms. The van der Waals surface area contributed by atoms with Crippen molar-refractivity contribution < 1.29 is 0 Å². The second-order valence-electron chi connectivity index (χ2n) is 6.72. The van der Waals surface area contributed by atoms with Gasteiger partial charge in [-0.15, -0.1) is 0 Å². The summed E-state index contributed by atoms with van der Waals surface area (Å²) in [6.45, 7) is 4.84. The molecular formula is C15H24N4. The van der Waals surface area contributed by atoms with Crippen LogP contribution in [0.5, 0.6) is 0 Å². The van der Waals surface area contributed by atoms with E-state index in [1.165, 1.54) is 56.7 Å². The fourth-order valence-electron chi connectivity index (χ4n) is 3.23. The molecule has 0 amide bonds. The number of aromatic nitrogens is 2. The second kappa shape index (κ2) is 4.91. The highest BCUT2D eigenvalue weighted by Crippen LogP contribution is 2.33. The molecule has 1 aromatic rings. The fourth-order valence-corrected chi connectivity index (χ4v) is 3.23. The zero-order chi connectivity index (χ0) is 12.7. The van der Waals surface area contributed by atoms with E-state index >= 15 is 0 Å². The molecule has 1 aliphatic heterocycles. The van der Waals surface area contributed by atoms with Crippen LogP contribution in [0.2, 0.25) is 0 Å². The molecule has 2 fully saturated rings. The third kappa shape index (κ3) is 3.00. The number of hydrogen-bond donors (Lipinski definition) is 2. The summed E-state index contributed by atoms with van der Waals surface area (Å²) in [5.74, 6) is 2.01. The van der Waals surface area contributed by atoms with Crippen LogP contribution in [-0.2, 0) is 13.0 Å². The van der Waals surface area contributed by atoms with Gasteiger partial charge in [-0.1, -0.05) is 0 Å². The molecule has 0 aromatic carbocycles. The van der Waals surface area contributed by atoms with E-state index in [0.29, 0.717) is 6.04 Å². The van der Waals surface area contributed by atoms with E-state index in [1.807, 2.05) is 6.33 Å². The Morgan fingerprint density at radius 1 is 1.11 bits per heavy atom. The van der Waals surface area contributed by atoms with Gasteiger partial charge in [0.05, 0.1) is 17.7 Å². The first-order valence-electron chi connectivity index (χ1n) is 7.83. The maximum Gasteiger partial charge on any atom is 0.0925 e. The molecule has 0 spiro atoms. The Labute approximate surface area is 115 Å². The van der Waals surface area contributed by atoms with E-state index < -0.39 is 0 Å². The molecule has 1 unspecified atom stereocenters. The topological polar surface area (TPSA) is 44.0 Å². The molecule has 0 bridgehead atoms. The number of H-pyrrole nitrogens is 1. The van der Waals surface area contributed by atoms with Crippen LogP contribution < -0.4 is 5.32 Å². The standard InChI is InChI=1S/C15H24N4/c1-2-11(1)7-19(8-12-3-4-12)9-13-5-14-15(6-16-13)18-10-17-14/h10-13,16H,1-9H2,(H,17,18). The minimum Gasteiger partial charge on any atom is -0.347 e. The molecule has 4 rings (SSSR count). The van der Waals surface area contributed by atoms with Crippen molar-refractivity contribution in [1.82, 2.24) is 20.2 Å². The van der Waals surface area contributed by atoms with Crippen LogP contribution in [0.15, 0.2) is 6.33 Å². The Bertz CT molecular complexity index is 419. The second-order valence-corrected chi connectivity index (χ2v) is 6.72. The van der Waals surface area contributed by atoms with Gasteiger partial charge < -0.3 is 15.2 Å². The minimum absolute atomic E-state index is 0.591. The first-order chi connectivity index (χ1) is 9.37. The quantitative estimate of drug-likeness (QED) is 0.815. The normalized spacial score (nSPS) is 26.7. The average molecular weight is 260 g/mol. The predicted molar refractivity (Wildman–Crippen MR) is 74.8 cm³/mol. The van der Waals surface area contributed by atoms with E-state index in [-0.39, 0.29) is 0 Å². The molecule has 2 N–H and O–H groups in total. The van der Waals surface area contributed by atoms with Gasteiger partial charge in [0.25, 0.3) is 0 Å². The molecule has 1 atom stereocenters. The Kier molecular flexibility index (Phi) is 3.08. The predicted octanol–water partition coefficient (Wildman–Crippen LogP) is 1.55. The van der Waals surface area contributed by atoms with Crippen LogP contribution in [0.3, 0.4) is 0 Å². The van der Waals surface area contributed by atoms with Crippen molar-refractivity contribution in [2.24, 2.45) is 11.8 Å². The molecule has 4 heteroatoms. The molecule has 2 heterocycles. The van der Waals surface area contributed by atoms with Crippen LogP contribution in [0.25, 0.3) is 0 Å². The summed E-state index contributed by atoms with van der Waals surface area (Å²) in [5, 5.41) is 3.67. The van der Waals surface area contributed by atoms with Crippen molar-refractivity contribution in [3.63, 3.8) is 0 Å². The Balaban J connectivity index is 1.35.